The predicted octanol–water partition coefficient (Wildman–Crippen LogP) is 2.81. The number of hydrazone groups is 1. The number of rotatable bonds is 9. The molecule has 3 rings (SSSR count). The summed E-state index contributed by atoms with van der Waals surface area (Å²) < 4.78 is 15.6. The van der Waals surface area contributed by atoms with Crippen molar-refractivity contribution in [3.8, 4) is 17.2 Å². The van der Waals surface area contributed by atoms with Gasteiger partial charge in [-0.2, -0.15) is 5.10 Å². The highest BCUT2D eigenvalue weighted by Gasteiger charge is 2.12. The minimum atomic E-state index is -0.917. The molecular formula is C25H24N4O6. The molecule has 3 amide bonds. The first-order chi connectivity index (χ1) is 17.0. The molecule has 0 saturated carbocycles. The van der Waals surface area contributed by atoms with Crippen molar-refractivity contribution in [3.05, 3.63) is 78.4 Å². The number of hydrogen-bond donors (Lipinski definition) is 3. The minimum absolute atomic E-state index is 0.168. The Labute approximate surface area is 201 Å². The minimum Gasteiger partial charge on any atom is -0.497 e. The lowest BCUT2D eigenvalue weighted by atomic mass is 10.2. The number of nitrogens with zero attached hydrogens (tertiary/aromatic N) is 1. The summed E-state index contributed by atoms with van der Waals surface area (Å²) in [6.07, 6.45) is 1.37. The van der Waals surface area contributed by atoms with Gasteiger partial charge in [-0.25, -0.2) is 5.43 Å². The third-order valence-corrected chi connectivity index (χ3v) is 4.56. The molecule has 3 aromatic carbocycles. The monoisotopic (exact) mass is 476 g/mol. The Morgan fingerprint density at radius 3 is 1.77 bits per heavy atom. The van der Waals surface area contributed by atoms with E-state index < -0.39 is 11.8 Å². The van der Waals surface area contributed by atoms with Crippen LogP contribution >= 0.6 is 0 Å². The van der Waals surface area contributed by atoms with E-state index >= 15 is 0 Å². The van der Waals surface area contributed by atoms with E-state index in [9.17, 15) is 14.4 Å². The van der Waals surface area contributed by atoms with Crippen molar-refractivity contribution >= 4 is 35.3 Å². The van der Waals surface area contributed by atoms with Crippen molar-refractivity contribution in [2.45, 2.75) is 0 Å². The third kappa shape index (κ3) is 7.90. The number of methoxy groups -OCH3 is 2. The van der Waals surface area contributed by atoms with Gasteiger partial charge in [0.05, 0.1) is 20.4 Å². The average molecular weight is 476 g/mol. The molecule has 180 valence electrons. The van der Waals surface area contributed by atoms with Crippen LogP contribution in [0.4, 0.5) is 11.4 Å². The van der Waals surface area contributed by atoms with Gasteiger partial charge in [-0.05, 0) is 78.4 Å². The van der Waals surface area contributed by atoms with E-state index in [1.165, 1.54) is 13.3 Å². The van der Waals surface area contributed by atoms with E-state index in [1.807, 2.05) is 0 Å². The topological polar surface area (TPSA) is 127 Å². The number of anilines is 2. The molecule has 35 heavy (non-hydrogen) atoms. The zero-order valence-corrected chi connectivity index (χ0v) is 19.1. The van der Waals surface area contributed by atoms with Crippen LogP contribution in [0.1, 0.15) is 5.56 Å². The molecule has 10 nitrogen and oxygen atoms in total. The molecule has 0 unspecified atom stereocenters. The molecule has 0 heterocycles. The van der Waals surface area contributed by atoms with Gasteiger partial charge in [0.15, 0.2) is 6.61 Å². The highest BCUT2D eigenvalue weighted by Crippen LogP contribution is 2.16. The summed E-state index contributed by atoms with van der Waals surface area (Å²) >= 11 is 0. The summed E-state index contributed by atoms with van der Waals surface area (Å²) in [6.45, 7) is -0.168. The zero-order valence-electron chi connectivity index (χ0n) is 19.1. The molecule has 0 atom stereocenters. The maximum Gasteiger partial charge on any atom is 0.329 e. The van der Waals surface area contributed by atoms with Gasteiger partial charge >= 0.3 is 11.8 Å². The predicted molar refractivity (Wildman–Crippen MR) is 131 cm³/mol. The number of amides is 3. The molecule has 0 radical (unpaired) electrons. The van der Waals surface area contributed by atoms with Gasteiger partial charge in [-0.1, -0.05) is 0 Å². The zero-order chi connectivity index (χ0) is 25.0. The first-order valence-corrected chi connectivity index (χ1v) is 10.4. The van der Waals surface area contributed by atoms with E-state index in [0.29, 0.717) is 34.2 Å². The lowest BCUT2D eigenvalue weighted by Crippen LogP contribution is -2.32. The largest absolute Gasteiger partial charge is 0.497 e. The molecule has 0 bridgehead atoms. The molecule has 0 aromatic heterocycles. The van der Waals surface area contributed by atoms with Gasteiger partial charge in [-0.3, -0.25) is 14.4 Å². The van der Waals surface area contributed by atoms with Crippen LogP contribution in [0, 0.1) is 0 Å². The Bertz CT molecular complexity index is 1180. The van der Waals surface area contributed by atoms with Crippen LogP contribution in [0.15, 0.2) is 77.9 Å². The second-order valence-electron chi connectivity index (χ2n) is 7.02. The highest BCUT2D eigenvalue weighted by atomic mass is 16.5. The van der Waals surface area contributed by atoms with Gasteiger partial charge in [0.1, 0.15) is 17.2 Å². The number of hydrogen-bond acceptors (Lipinski definition) is 7. The second-order valence-corrected chi connectivity index (χ2v) is 7.02. The number of nitrogens with one attached hydrogen (secondary N) is 3. The quantitative estimate of drug-likeness (QED) is 0.248. The smallest absolute Gasteiger partial charge is 0.329 e. The number of carbonyl (C=O) groups is 3. The summed E-state index contributed by atoms with van der Waals surface area (Å²) in [4.78, 5) is 35.9. The first-order valence-electron chi connectivity index (χ1n) is 10.4. The molecule has 0 aliphatic carbocycles. The lowest BCUT2D eigenvalue weighted by molar-refractivity contribution is -0.136. The summed E-state index contributed by atoms with van der Waals surface area (Å²) in [5, 5.41) is 8.96. The van der Waals surface area contributed by atoms with Crippen LogP contribution in [-0.4, -0.2) is 44.8 Å². The van der Waals surface area contributed by atoms with E-state index in [1.54, 1.807) is 79.9 Å². The second kappa shape index (κ2) is 12.4. The van der Waals surface area contributed by atoms with Crippen molar-refractivity contribution in [2.24, 2.45) is 5.10 Å². The average Bonchev–Trinajstić information content (AvgIpc) is 2.89. The highest BCUT2D eigenvalue weighted by molar-refractivity contribution is 6.39. The summed E-state index contributed by atoms with van der Waals surface area (Å²) in [5.74, 6) is -0.278. The Kier molecular flexibility index (Phi) is 8.78. The SMILES string of the molecule is COc1ccc(NC(=O)COc2ccc(/C=N\NC(=O)C(=O)Nc3ccc(OC)cc3)cc2)cc1. The number of benzene rings is 3. The summed E-state index contributed by atoms with van der Waals surface area (Å²) in [5.41, 5.74) is 3.89. The standard InChI is InChI=1S/C25H24N4O6/c1-33-20-11-5-18(6-12-20)27-23(30)16-35-22-9-3-17(4-10-22)15-26-29-25(32)24(31)28-19-7-13-21(34-2)14-8-19/h3-15H,16H2,1-2H3,(H,27,30)(H,28,31)(H,29,32)/b26-15-. The van der Waals surface area contributed by atoms with Crippen LogP contribution in [0.3, 0.4) is 0 Å². The van der Waals surface area contributed by atoms with Crippen molar-refractivity contribution in [3.63, 3.8) is 0 Å². The van der Waals surface area contributed by atoms with Crippen molar-refractivity contribution in [1.82, 2.24) is 5.43 Å². The molecular weight excluding hydrogens is 452 g/mol. The third-order valence-electron chi connectivity index (χ3n) is 4.56. The Hall–Kier alpha value is -4.86. The van der Waals surface area contributed by atoms with Crippen LogP contribution < -0.4 is 30.3 Å². The van der Waals surface area contributed by atoms with Gasteiger partial charge in [0, 0.05) is 11.4 Å². The summed E-state index contributed by atoms with van der Waals surface area (Å²) in [7, 11) is 3.10. The fourth-order valence-electron chi connectivity index (χ4n) is 2.75. The summed E-state index contributed by atoms with van der Waals surface area (Å²) in [6, 6.07) is 20.2. The molecule has 0 fully saturated rings. The molecule has 0 aliphatic rings. The van der Waals surface area contributed by atoms with E-state index in [0.717, 1.165) is 0 Å². The van der Waals surface area contributed by atoms with Crippen LogP contribution in [0.2, 0.25) is 0 Å². The molecule has 0 saturated heterocycles. The molecule has 10 heteroatoms. The van der Waals surface area contributed by atoms with Gasteiger partial charge in [0.2, 0.25) is 0 Å². The van der Waals surface area contributed by atoms with Crippen LogP contribution in [-0.2, 0) is 14.4 Å². The van der Waals surface area contributed by atoms with Crippen molar-refractivity contribution < 1.29 is 28.6 Å². The fourth-order valence-corrected chi connectivity index (χ4v) is 2.75. The molecule has 0 aliphatic heterocycles. The van der Waals surface area contributed by atoms with Gasteiger partial charge in [-0.15, -0.1) is 0 Å². The van der Waals surface area contributed by atoms with E-state index in [4.69, 9.17) is 14.2 Å². The Morgan fingerprint density at radius 1 is 0.714 bits per heavy atom. The molecule has 3 N–H and O–H groups in total. The van der Waals surface area contributed by atoms with Crippen LogP contribution in [0.5, 0.6) is 17.2 Å². The normalized spacial score (nSPS) is 10.3. The van der Waals surface area contributed by atoms with Gasteiger partial charge < -0.3 is 24.8 Å². The van der Waals surface area contributed by atoms with Gasteiger partial charge in [0.25, 0.3) is 5.91 Å². The van der Waals surface area contributed by atoms with Crippen molar-refractivity contribution in [1.29, 1.82) is 0 Å². The van der Waals surface area contributed by atoms with Crippen molar-refractivity contribution in [2.75, 3.05) is 31.5 Å². The maximum absolute atomic E-state index is 12.0. The number of ether oxygens (including phenoxy) is 3. The molecule has 0 spiro atoms. The van der Waals surface area contributed by atoms with Crippen LogP contribution in [0.25, 0.3) is 0 Å². The maximum atomic E-state index is 12.0. The first kappa shape index (κ1) is 24.8. The number of carbonyl (C=O) groups excluding carboxylic acids is 3. The Balaban J connectivity index is 1.41. The molecule has 3 aromatic rings. The fraction of sp³-hybridized carbons (Fsp3) is 0.120. The van der Waals surface area contributed by atoms with E-state index in [-0.39, 0.29) is 12.5 Å². The lowest BCUT2D eigenvalue weighted by Gasteiger charge is -2.08. The Morgan fingerprint density at radius 2 is 1.23 bits per heavy atom. The van der Waals surface area contributed by atoms with E-state index in [2.05, 4.69) is 21.2 Å².